The van der Waals surface area contributed by atoms with E-state index in [4.69, 9.17) is 9.47 Å². The number of rotatable bonds is 7. The lowest BCUT2D eigenvalue weighted by molar-refractivity contribution is 0.0946. The van der Waals surface area contributed by atoms with Crippen molar-refractivity contribution < 1.29 is 14.3 Å². The van der Waals surface area contributed by atoms with Gasteiger partial charge in [-0.15, -0.1) is 11.3 Å². The number of amides is 1. The van der Waals surface area contributed by atoms with Crippen molar-refractivity contribution in [3.8, 4) is 11.5 Å². The molecule has 0 atom stereocenters. The Balaban J connectivity index is 1.53. The zero-order valence-electron chi connectivity index (χ0n) is 13.9. The molecule has 0 aliphatic carbocycles. The predicted molar refractivity (Wildman–Crippen MR) is 93.9 cm³/mol. The minimum atomic E-state index is -0.253. The van der Waals surface area contributed by atoms with Crippen LogP contribution in [0.4, 0.5) is 0 Å². The largest absolute Gasteiger partial charge is 0.497 e. The molecule has 0 spiro atoms. The third kappa shape index (κ3) is 4.57. The number of hydrogen-bond acceptors (Lipinski definition) is 6. The first-order chi connectivity index (χ1) is 12.1. The number of carbonyl (C=O) groups excluding carboxylic acids is 1. The zero-order chi connectivity index (χ0) is 17.6. The molecule has 130 valence electrons. The first kappa shape index (κ1) is 17.0. The Hall–Kier alpha value is -2.87. The van der Waals surface area contributed by atoms with Gasteiger partial charge in [-0.3, -0.25) is 9.89 Å². The van der Waals surface area contributed by atoms with E-state index >= 15 is 0 Å². The molecule has 25 heavy (non-hydrogen) atoms. The molecule has 2 N–H and O–H groups in total. The van der Waals surface area contributed by atoms with Gasteiger partial charge in [0.25, 0.3) is 5.91 Å². The molecule has 0 aliphatic heterocycles. The monoisotopic (exact) mass is 358 g/mol. The summed E-state index contributed by atoms with van der Waals surface area (Å²) < 4.78 is 10.8. The maximum Gasteiger partial charge on any atom is 0.272 e. The summed E-state index contributed by atoms with van der Waals surface area (Å²) in [4.78, 5) is 16.4. The van der Waals surface area contributed by atoms with Crippen LogP contribution in [0.15, 0.2) is 35.7 Å². The van der Waals surface area contributed by atoms with Gasteiger partial charge in [0.1, 0.15) is 28.8 Å². The maximum absolute atomic E-state index is 12.1. The molecule has 8 heteroatoms. The summed E-state index contributed by atoms with van der Waals surface area (Å²) in [6.07, 6.45) is 0. The van der Waals surface area contributed by atoms with Gasteiger partial charge in [-0.05, 0) is 25.1 Å². The Morgan fingerprint density at radius 1 is 1.32 bits per heavy atom. The highest BCUT2D eigenvalue weighted by atomic mass is 32.1. The van der Waals surface area contributed by atoms with E-state index in [-0.39, 0.29) is 12.5 Å². The number of aromatic nitrogens is 3. The number of methoxy groups -OCH3 is 1. The summed E-state index contributed by atoms with van der Waals surface area (Å²) in [5.74, 6) is 1.15. The molecule has 3 aromatic rings. The number of ether oxygens (including phenoxy) is 2. The van der Waals surface area contributed by atoms with Crippen LogP contribution in [0.1, 0.15) is 26.9 Å². The SMILES string of the molecule is COc1cccc(OCc2cc(C(=O)NCc3nc(C)cs3)n[nH]2)c1. The lowest BCUT2D eigenvalue weighted by atomic mass is 10.3. The summed E-state index contributed by atoms with van der Waals surface area (Å²) in [7, 11) is 1.60. The normalized spacial score (nSPS) is 10.5. The van der Waals surface area contributed by atoms with Gasteiger partial charge in [-0.25, -0.2) is 4.98 Å². The smallest absolute Gasteiger partial charge is 0.272 e. The van der Waals surface area contributed by atoms with E-state index in [1.807, 2.05) is 30.5 Å². The van der Waals surface area contributed by atoms with E-state index in [0.717, 1.165) is 16.5 Å². The average molecular weight is 358 g/mol. The number of aryl methyl sites for hydroxylation is 1. The van der Waals surface area contributed by atoms with Crippen LogP contribution in [0, 0.1) is 6.92 Å². The van der Waals surface area contributed by atoms with E-state index in [9.17, 15) is 4.79 Å². The van der Waals surface area contributed by atoms with E-state index in [0.29, 0.717) is 23.7 Å². The number of benzene rings is 1. The highest BCUT2D eigenvalue weighted by Crippen LogP contribution is 2.19. The van der Waals surface area contributed by atoms with Crippen molar-refractivity contribution >= 4 is 17.2 Å². The van der Waals surface area contributed by atoms with Crippen LogP contribution in [0.2, 0.25) is 0 Å². The molecule has 1 amide bonds. The Morgan fingerprint density at radius 3 is 2.92 bits per heavy atom. The van der Waals surface area contributed by atoms with Gasteiger partial charge in [0.15, 0.2) is 0 Å². The van der Waals surface area contributed by atoms with Crippen molar-refractivity contribution in [1.29, 1.82) is 0 Å². The van der Waals surface area contributed by atoms with Crippen LogP contribution in [0.5, 0.6) is 11.5 Å². The lowest BCUT2D eigenvalue weighted by Gasteiger charge is -2.06. The zero-order valence-corrected chi connectivity index (χ0v) is 14.7. The highest BCUT2D eigenvalue weighted by Gasteiger charge is 2.11. The summed E-state index contributed by atoms with van der Waals surface area (Å²) in [6, 6.07) is 8.99. The van der Waals surface area contributed by atoms with Crippen LogP contribution in [0.3, 0.4) is 0 Å². The minimum absolute atomic E-state index is 0.253. The first-order valence-electron chi connectivity index (χ1n) is 7.64. The maximum atomic E-state index is 12.1. The molecular formula is C17H18N4O3S. The molecule has 0 saturated carbocycles. The molecule has 7 nitrogen and oxygen atoms in total. The fraction of sp³-hybridized carbons (Fsp3) is 0.235. The fourth-order valence-corrected chi connectivity index (χ4v) is 2.85. The van der Waals surface area contributed by atoms with Gasteiger partial charge in [0, 0.05) is 17.1 Å². The molecule has 2 aromatic heterocycles. The molecule has 0 fully saturated rings. The minimum Gasteiger partial charge on any atom is -0.497 e. The predicted octanol–water partition coefficient (Wildman–Crippen LogP) is 2.69. The van der Waals surface area contributed by atoms with Gasteiger partial charge < -0.3 is 14.8 Å². The van der Waals surface area contributed by atoms with Gasteiger partial charge in [-0.2, -0.15) is 5.10 Å². The quantitative estimate of drug-likeness (QED) is 0.678. The third-order valence-corrected chi connectivity index (χ3v) is 4.33. The number of aromatic amines is 1. The van der Waals surface area contributed by atoms with Crippen molar-refractivity contribution in [2.45, 2.75) is 20.1 Å². The Labute approximate surface area is 149 Å². The molecule has 0 bridgehead atoms. The molecule has 0 aliphatic rings. The summed E-state index contributed by atoms with van der Waals surface area (Å²) in [6.45, 7) is 2.59. The van der Waals surface area contributed by atoms with Crippen LogP contribution in [-0.2, 0) is 13.2 Å². The van der Waals surface area contributed by atoms with Crippen molar-refractivity contribution in [2.75, 3.05) is 7.11 Å². The summed E-state index contributed by atoms with van der Waals surface area (Å²) in [5, 5.41) is 12.4. The topological polar surface area (TPSA) is 89.1 Å². The summed E-state index contributed by atoms with van der Waals surface area (Å²) in [5.41, 5.74) is 1.97. The fourth-order valence-electron chi connectivity index (χ4n) is 2.13. The second-order valence-electron chi connectivity index (χ2n) is 5.31. The summed E-state index contributed by atoms with van der Waals surface area (Å²) >= 11 is 1.52. The molecular weight excluding hydrogens is 340 g/mol. The van der Waals surface area contributed by atoms with Gasteiger partial charge in [0.2, 0.25) is 0 Å². The molecule has 0 radical (unpaired) electrons. The van der Waals surface area contributed by atoms with Gasteiger partial charge in [-0.1, -0.05) is 6.07 Å². The second kappa shape index (κ2) is 7.80. The Morgan fingerprint density at radius 2 is 2.16 bits per heavy atom. The van der Waals surface area contributed by atoms with E-state index in [1.165, 1.54) is 11.3 Å². The highest BCUT2D eigenvalue weighted by molar-refractivity contribution is 7.09. The number of carbonyl (C=O) groups is 1. The van der Waals surface area contributed by atoms with E-state index < -0.39 is 0 Å². The van der Waals surface area contributed by atoms with Crippen molar-refractivity contribution in [3.63, 3.8) is 0 Å². The molecule has 0 saturated heterocycles. The first-order valence-corrected chi connectivity index (χ1v) is 8.52. The van der Waals surface area contributed by atoms with E-state index in [2.05, 4.69) is 20.5 Å². The van der Waals surface area contributed by atoms with Crippen LogP contribution in [0.25, 0.3) is 0 Å². The number of thiazole rings is 1. The van der Waals surface area contributed by atoms with Gasteiger partial charge >= 0.3 is 0 Å². The average Bonchev–Trinajstić information content (AvgIpc) is 3.27. The molecule has 1 aromatic carbocycles. The number of nitrogens with zero attached hydrogens (tertiary/aromatic N) is 2. The number of H-pyrrole nitrogens is 1. The number of hydrogen-bond donors (Lipinski definition) is 2. The van der Waals surface area contributed by atoms with E-state index in [1.54, 1.807) is 19.2 Å². The Bertz CT molecular complexity index is 859. The second-order valence-corrected chi connectivity index (χ2v) is 6.25. The van der Waals surface area contributed by atoms with Crippen LogP contribution in [-0.4, -0.2) is 28.2 Å². The van der Waals surface area contributed by atoms with Crippen molar-refractivity contribution in [1.82, 2.24) is 20.5 Å². The molecule has 0 unspecified atom stereocenters. The number of nitrogens with one attached hydrogen (secondary N) is 2. The molecule has 3 rings (SSSR count). The van der Waals surface area contributed by atoms with Crippen molar-refractivity contribution in [3.05, 3.63) is 57.8 Å². The Kier molecular flexibility index (Phi) is 5.30. The molecule has 2 heterocycles. The van der Waals surface area contributed by atoms with Crippen LogP contribution >= 0.6 is 11.3 Å². The van der Waals surface area contributed by atoms with Gasteiger partial charge in [0.05, 0.1) is 19.3 Å². The lowest BCUT2D eigenvalue weighted by Crippen LogP contribution is -2.23. The standard InChI is InChI=1S/C17H18N4O3S/c1-11-10-25-16(19-11)8-18-17(22)15-6-12(20-21-15)9-24-14-5-3-4-13(7-14)23-2/h3-7,10H,8-9H2,1-2H3,(H,18,22)(H,20,21). The van der Waals surface area contributed by atoms with Crippen LogP contribution < -0.4 is 14.8 Å². The third-order valence-electron chi connectivity index (χ3n) is 3.37. The van der Waals surface area contributed by atoms with Crippen molar-refractivity contribution in [2.24, 2.45) is 0 Å².